The quantitative estimate of drug-likeness (QED) is 0.399. The fourth-order valence-electron chi connectivity index (χ4n) is 3.51. The molecule has 0 radical (unpaired) electrons. The number of aromatic nitrogens is 2. The van der Waals surface area contributed by atoms with Gasteiger partial charge in [-0.05, 0) is 37.5 Å². The summed E-state index contributed by atoms with van der Waals surface area (Å²) in [7, 11) is 1.33. The lowest BCUT2D eigenvalue weighted by Gasteiger charge is -2.23. The van der Waals surface area contributed by atoms with Crippen molar-refractivity contribution in [1.29, 1.82) is 0 Å². The summed E-state index contributed by atoms with van der Waals surface area (Å²) in [4.78, 5) is 29.8. The fraction of sp³-hybridized carbons (Fsp3) is 0.550. The van der Waals surface area contributed by atoms with Crippen molar-refractivity contribution in [3.63, 3.8) is 0 Å². The first-order valence-electron chi connectivity index (χ1n) is 9.72. The van der Waals surface area contributed by atoms with Gasteiger partial charge in [0.25, 0.3) is 5.56 Å². The zero-order chi connectivity index (χ0) is 20.2. The van der Waals surface area contributed by atoms with E-state index in [1.54, 1.807) is 22.8 Å². The molecule has 2 fully saturated rings. The lowest BCUT2D eigenvalue weighted by Crippen LogP contribution is -2.30. The Morgan fingerprint density at radius 1 is 1.28 bits per heavy atom. The van der Waals surface area contributed by atoms with Gasteiger partial charge in [-0.25, -0.2) is 9.78 Å². The summed E-state index contributed by atoms with van der Waals surface area (Å²) in [6.45, 7) is 2.15. The van der Waals surface area contributed by atoms with E-state index in [1.807, 2.05) is 0 Å². The number of thioether (sulfide) groups is 1. The number of rotatable bonds is 6. The molecule has 0 unspecified atom stereocenters. The number of ether oxygens (including phenoxy) is 4. The summed E-state index contributed by atoms with van der Waals surface area (Å²) in [5.41, 5.74) is 0.724. The molecule has 1 aromatic heterocycles. The molecule has 2 aromatic rings. The van der Waals surface area contributed by atoms with Crippen molar-refractivity contribution in [2.45, 2.75) is 43.2 Å². The van der Waals surface area contributed by atoms with Crippen LogP contribution in [0.25, 0.3) is 10.9 Å². The van der Waals surface area contributed by atoms with Crippen molar-refractivity contribution in [1.82, 2.24) is 9.55 Å². The van der Waals surface area contributed by atoms with Gasteiger partial charge in [-0.2, -0.15) is 0 Å². The maximum absolute atomic E-state index is 13.2. The molecule has 0 N–H and O–H groups in total. The first kappa shape index (κ1) is 20.3. The highest BCUT2D eigenvalue weighted by Crippen LogP contribution is 2.24. The second-order valence-corrected chi connectivity index (χ2v) is 8.07. The van der Waals surface area contributed by atoms with Gasteiger partial charge >= 0.3 is 5.97 Å². The predicted molar refractivity (Wildman–Crippen MR) is 107 cm³/mol. The van der Waals surface area contributed by atoms with E-state index in [0.29, 0.717) is 47.3 Å². The summed E-state index contributed by atoms with van der Waals surface area (Å²) in [6.07, 6.45) is 2.81. The Hall–Kier alpha value is -1.94. The topological polar surface area (TPSA) is 88.9 Å². The molecule has 4 rings (SSSR count). The van der Waals surface area contributed by atoms with Crippen LogP contribution in [0.2, 0.25) is 0 Å². The van der Waals surface area contributed by atoms with E-state index in [1.165, 1.54) is 18.9 Å². The molecule has 2 aliphatic heterocycles. The van der Waals surface area contributed by atoms with E-state index in [2.05, 4.69) is 0 Å². The zero-order valence-electron chi connectivity index (χ0n) is 16.3. The van der Waals surface area contributed by atoms with Crippen molar-refractivity contribution in [3.8, 4) is 0 Å². The molecule has 8 nitrogen and oxygen atoms in total. The average molecular weight is 420 g/mol. The number of carbonyl (C=O) groups excluding carboxylic acids is 1. The fourth-order valence-corrected chi connectivity index (χ4v) is 4.58. The summed E-state index contributed by atoms with van der Waals surface area (Å²) >= 11 is 1.49. The number of hydrogen-bond acceptors (Lipinski definition) is 8. The van der Waals surface area contributed by atoms with Crippen molar-refractivity contribution < 1.29 is 23.7 Å². The minimum Gasteiger partial charge on any atom is -0.465 e. The third-order valence-corrected chi connectivity index (χ3v) is 6.23. The van der Waals surface area contributed by atoms with Gasteiger partial charge in [0.1, 0.15) is 6.79 Å². The number of carbonyl (C=O) groups is 1. The summed E-state index contributed by atoms with van der Waals surface area (Å²) in [5.74, 6) is 0.214. The van der Waals surface area contributed by atoms with Crippen molar-refractivity contribution >= 4 is 28.6 Å². The number of fused-ring (bicyclic) bond motifs is 1. The Balaban J connectivity index is 1.68. The highest BCUT2D eigenvalue weighted by molar-refractivity contribution is 7.99. The molecule has 0 saturated carbocycles. The minimum absolute atomic E-state index is 0.0139. The number of methoxy groups -OCH3 is 1. The first-order valence-corrected chi connectivity index (χ1v) is 10.7. The Morgan fingerprint density at radius 2 is 2.17 bits per heavy atom. The molecule has 0 amide bonds. The highest BCUT2D eigenvalue weighted by Gasteiger charge is 2.22. The van der Waals surface area contributed by atoms with Gasteiger partial charge in [0, 0.05) is 12.4 Å². The maximum Gasteiger partial charge on any atom is 0.337 e. The van der Waals surface area contributed by atoms with E-state index in [4.69, 9.17) is 23.9 Å². The Labute approximate surface area is 172 Å². The number of hydrogen-bond donors (Lipinski definition) is 0. The second kappa shape index (κ2) is 9.25. The van der Waals surface area contributed by atoms with E-state index in [-0.39, 0.29) is 17.8 Å². The van der Waals surface area contributed by atoms with Crippen LogP contribution in [0.3, 0.4) is 0 Å². The smallest absolute Gasteiger partial charge is 0.337 e. The number of benzene rings is 1. The largest absolute Gasteiger partial charge is 0.465 e. The monoisotopic (exact) mass is 420 g/mol. The minimum atomic E-state index is -0.456. The van der Waals surface area contributed by atoms with Crippen molar-refractivity contribution in [3.05, 3.63) is 34.1 Å². The number of esters is 1. The zero-order valence-corrected chi connectivity index (χ0v) is 17.1. The van der Waals surface area contributed by atoms with Gasteiger partial charge in [-0.3, -0.25) is 9.36 Å². The van der Waals surface area contributed by atoms with Crippen LogP contribution in [-0.2, 0) is 25.5 Å². The van der Waals surface area contributed by atoms with Crippen molar-refractivity contribution in [2.24, 2.45) is 0 Å². The molecule has 0 aliphatic carbocycles. The Morgan fingerprint density at radius 3 is 2.90 bits per heavy atom. The molecule has 29 heavy (non-hydrogen) atoms. The lowest BCUT2D eigenvalue weighted by molar-refractivity contribution is -0.130. The molecule has 0 spiro atoms. The second-order valence-electron chi connectivity index (χ2n) is 7.08. The average Bonchev–Trinajstić information content (AvgIpc) is 3.27. The molecule has 9 heteroatoms. The van der Waals surface area contributed by atoms with Crippen LogP contribution < -0.4 is 5.56 Å². The number of nitrogens with zero attached hydrogens (tertiary/aromatic N) is 2. The van der Waals surface area contributed by atoms with Crippen LogP contribution in [0.5, 0.6) is 0 Å². The SMILES string of the molecule is COC(=O)c1ccc2c(=O)n(C[C@@H]3CCCO3)c(SC[C@@H]3CCOCO3)nc2c1. The van der Waals surface area contributed by atoms with Gasteiger partial charge in [0.05, 0.1) is 48.9 Å². The molecule has 2 aliphatic rings. The summed E-state index contributed by atoms with van der Waals surface area (Å²) < 4.78 is 23.1. The van der Waals surface area contributed by atoms with E-state index < -0.39 is 5.97 Å². The molecule has 1 aromatic carbocycles. The Bertz CT molecular complexity index is 934. The summed E-state index contributed by atoms with van der Waals surface area (Å²) in [5, 5.41) is 1.08. The van der Waals surface area contributed by atoms with Gasteiger partial charge in [-0.1, -0.05) is 11.8 Å². The molecule has 0 bridgehead atoms. The van der Waals surface area contributed by atoms with Crippen LogP contribution in [0, 0.1) is 0 Å². The highest BCUT2D eigenvalue weighted by atomic mass is 32.2. The van der Waals surface area contributed by atoms with Crippen LogP contribution in [0.1, 0.15) is 29.6 Å². The molecule has 156 valence electrons. The van der Waals surface area contributed by atoms with Crippen LogP contribution in [0.15, 0.2) is 28.2 Å². The molecule has 2 atom stereocenters. The third kappa shape index (κ3) is 4.63. The first-order chi connectivity index (χ1) is 14.2. The van der Waals surface area contributed by atoms with Crippen LogP contribution >= 0.6 is 11.8 Å². The lowest BCUT2D eigenvalue weighted by atomic mass is 10.1. The normalized spacial score (nSPS) is 22.1. The van der Waals surface area contributed by atoms with Crippen molar-refractivity contribution in [2.75, 3.05) is 32.9 Å². The van der Waals surface area contributed by atoms with Gasteiger partial charge in [0.15, 0.2) is 5.16 Å². The van der Waals surface area contributed by atoms with Crippen LogP contribution in [0.4, 0.5) is 0 Å². The maximum atomic E-state index is 13.2. The molecule has 2 saturated heterocycles. The predicted octanol–water partition coefficient (Wildman–Crippen LogP) is 2.22. The van der Waals surface area contributed by atoms with E-state index in [9.17, 15) is 9.59 Å². The van der Waals surface area contributed by atoms with Gasteiger partial charge in [0.2, 0.25) is 0 Å². The van der Waals surface area contributed by atoms with Gasteiger partial charge < -0.3 is 18.9 Å². The van der Waals surface area contributed by atoms with E-state index >= 15 is 0 Å². The van der Waals surface area contributed by atoms with Crippen LogP contribution in [-0.4, -0.2) is 60.6 Å². The molecule has 3 heterocycles. The van der Waals surface area contributed by atoms with Gasteiger partial charge in [-0.15, -0.1) is 0 Å². The molecular weight excluding hydrogens is 396 g/mol. The molecular formula is C20H24N2O6S. The standard InChI is InChI=1S/C20H24N2O6S/c1-25-19(24)13-4-5-16-17(9-13)21-20(29-11-15-6-8-26-12-28-15)22(18(16)23)10-14-3-2-7-27-14/h4-5,9,14-15H,2-3,6-8,10-12H2,1H3/t14-,15-/m0/s1. The van der Waals surface area contributed by atoms with E-state index in [0.717, 1.165) is 25.9 Å². The Kier molecular flexibility index (Phi) is 6.49. The summed E-state index contributed by atoms with van der Waals surface area (Å²) in [6, 6.07) is 4.84. The third-order valence-electron chi connectivity index (χ3n) is 5.12.